The van der Waals surface area contributed by atoms with E-state index in [-0.39, 0.29) is 0 Å². The average molecular weight is 209 g/mol. The molecule has 1 aromatic rings. The molecular formula is C9H11N3O3. The molecule has 3 N–H and O–H groups in total. The Kier molecular flexibility index (Phi) is 3.35. The van der Waals surface area contributed by atoms with E-state index in [4.69, 9.17) is 10.8 Å². The summed E-state index contributed by atoms with van der Waals surface area (Å²) in [5.41, 5.74) is 5.74. The Morgan fingerprint density at radius 3 is 2.47 bits per heavy atom. The number of carbonyl (C=O) groups is 2. The maximum Gasteiger partial charge on any atom is 0.330 e. The number of hydrogen-bond acceptors (Lipinski definition) is 4. The number of aromatic nitrogens is 1. The highest BCUT2D eigenvalue weighted by Crippen LogP contribution is 2.10. The molecule has 0 aromatic carbocycles. The molecule has 0 saturated carbocycles. The van der Waals surface area contributed by atoms with Crippen LogP contribution in [0.25, 0.3) is 0 Å². The molecule has 0 saturated heterocycles. The van der Waals surface area contributed by atoms with Gasteiger partial charge in [0.25, 0.3) is 5.91 Å². The summed E-state index contributed by atoms with van der Waals surface area (Å²) in [5, 5.41) is 8.56. The van der Waals surface area contributed by atoms with E-state index in [0.717, 1.165) is 0 Å². The van der Waals surface area contributed by atoms with E-state index in [2.05, 4.69) is 4.98 Å². The van der Waals surface area contributed by atoms with Crippen molar-refractivity contribution in [3.8, 4) is 0 Å². The molecule has 0 fully saturated rings. The molecule has 0 radical (unpaired) electrons. The van der Waals surface area contributed by atoms with E-state index >= 15 is 0 Å². The highest BCUT2D eigenvalue weighted by Gasteiger charge is 2.25. The molecule has 1 aromatic heterocycles. The highest BCUT2D eigenvalue weighted by molar-refractivity contribution is 6.08. The van der Waals surface area contributed by atoms with Gasteiger partial charge in [0.15, 0.2) is 6.04 Å². The van der Waals surface area contributed by atoms with Crippen LogP contribution in [-0.2, 0) is 9.59 Å². The molecule has 1 unspecified atom stereocenters. The number of amides is 1. The fraction of sp³-hybridized carbons (Fsp3) is 0.222. The molecule has 0 bridgehead atoms. The monoisotopic (exact) mass is 209 g/mol. The maximum atomic E-state index is 11.5. The molecule has 0 aliphatic heterocycles. The van der Waals surface area contributed by atoms with Crippen LogP contribution in [0.1, 0.15) is 0 Å². The van der Waals surface area contributed by atoms with E-state index in [9.17, 15) is 9.59 Å². The standard InChI is InChI=1S/C9H11N3O3/c1-12(6-2-4-11-5-3-6)8(13)7(10)9(14)15/h2-5,7H,10H2,1H3,(H,14,15). The lowest BCUT2D eigenvalue weighted by Gasteiger charge is -2.18. The molecule has 6 heteroatoms. The van der Waals surface area contributed by atoms with Gasteiger partial charge in [-0.15, -0.1) is 0 Å². The Morgan fingerprint density at radius 2 is 2.00 bits per heavy atom. The Labute approximate surface area is 86.3 Å². The van der Waals surface area contributed by atoms with Crippen LogP contribution in [0.4, 0.5) is 5.69 Å². The minimum atomic E-state index is -1.54. The molecule has 0 aliphatic rings. The van der Waals surface area contributed by atoms with Crippen LogP contribution < -0.4 is 10.6 Å². The topological polar surface area (TPSA) is 96.5 Å². The van der Waals surface area contributed by atoms with E-state index in [0.29, 0.717) is 5.69 Å². The minimum absolute atomic E-state index is 0.548. The Morgan fingerprint density at radius 1 is 1.47 bits per heavy atom. The van der Waals surface area contributed by atoms with Crippen molar-refractivity contribution >= 4 is 17.6 Å². The minimum Gasteiger partial charge on any atom is -0.480 e. The normalized spacial score (nSPS) is 11.9. The lowest BCUT2D eigenvalue weighted by molar-refractivity contribution is -0.142. The van der Waals surface area contributed by atoms with Crippen molar-refractivity contribution in [2.24, 2.45) is 5.73 Å². The molecule has 1 rings (SSSR count). The molecule has 0 aliphatic carbocycles. The van der Waals surface area contributed by atoms with Gasteiger partial charge in [0.1, 0.15) is 0 Å². The number of hydrogen-bond donors (Lipinski definition) is 2. The van der Waals surface area contributed by atoms with Gasteiger partial charge < -0.3 is 15.7 Å². The predicted octanol–water partition coefficient (Wildman–Crippen LogP) is -0.544. The summed E-state index contributed by atoms with van der Waals surface area (Å²) in [6, 6.07) is 1.64. The fourth-order valence-corrected chi connectivity index (χ4v) is 1.01. The van der Waals surface area contributed by atoms with Gasteiger partial charge >= 0.3 is 5.97 Å². The van der Waals surface area contributed by atoms with Crippen molar-refractivity contribution in [1.29, 1.82) is 0 Å². The zero-order valence-electron chi connectivity index (χ0n) is 8.12. The third kappa shape index (κ3) is 2.50. The Hall–Kier alpha value is -1.95. The number of aliphatic carboxylic acids is 1. The van der Waals surface area contributed by atoms with Gasteiger partial charge in [-0.05, 0) is 12.1 Å². The second kappa shape index (κ2) is 4.52. The summed E-state index contributed by atoms with van der Waals surface area (Å²) in [6.45, 7) is 0. The summed E-state index contributed by atoms with van der Waals surface area (Å²) in [4.78, 5) is 26.9. The largest absolute Gasteiger partial charge is 0.480 e. The number of carbonyl (C=O) groups excluding carboxylic acids is 1. The number of nitrogens with zero attached hydrogens (tertiary/aromatic N) is 2. The average Bonchev–Trinajstić information content (AvgIpc) is 2.27. The third-order valence-corrected chi connectivity index (χ3v) is 1.91. The molecule has 6 nitrogen and oxygen atoms in total. The molecule has 15 heavy (non-hydrogen) atoms. The van der Waals surface area contributed by atoms with Crippen molar-refractivity contribution in [1.82, 2.24) is 4.98 Å². The predicted molar refractivity (Wildman–Crippen MR) is 53.3 cm³/mol. The molecule has 1 atom stereocenters. The number of anilines is 1. The molecular weight excluding hydrogens is 198 g/mol. The zero-order chi connectivity index (χ0) is 11.4. The third-order valence-electron chi connectivity index (χ3n) is 1.91. The first-order chi connectivity index (χ1) is 7.04. The number of likely N-dealkylation sites (N-methyl/N-ethyl adjacent to an activating group) is 1. The van der Waals surface area contributed by atoms with E-state index in [1.807, 2.05) is 0 Å². The van der Waals surface area contributed by atoms with Gasteiger partial charge in [-0.1, -0.05) is 0 Å². The first-order valence-electron chi connectivity index (χ1n) is 4.20. The maximum absolute atomic E-state index is 11.5. The first-order valence-corrected chi connectivity index (χ1v) is 4.20. The van der Waals surface area contributed by atoms with Crippen LogP contribution in [-0.4, -0.2) is 35.1 Å². The number of nitrogens with two attached hydrogens (primary N) is 1. The lowest BCUT2D eigenvalue weighted by atomic mass is 10.2. The smallest absolute Gasteiger partial charge is 0.330 e. The second-order valence-corrected chi connectivity index (χ2v) is 2.92. The highest BCUT2D eigenvalue weighted by atomic mass is 16.4. The van der Waals surface area contributed by atoms with Crippen molar-refractivity contribution in [3.63, 3.8) is 0 Å². The summed E-state index contributed by atoms with van der Waals surface area (Å²) in [5.74, 6) is -2.02. The molecule has 80 valence electrons. The first kappa shape index (κ1) is 11.1. The van der Waals surface area contributed by atoms with Crippen molar-refractivity contribution in [3.05, 3.63) is 24.5 Å². The number of rotatable bonds is 3. The molecule has 0 spiro atoms. The van der Waals surface area contributed by atoms with Gasteiger partial charge in [0, 0.05) is 25.1 Å². The van der Waals surface area contributed by atoms with Gasteiger partial charge in [-0.3, -0.25) is 9.78 Å². The zero-order valence-corrected chi connectivity index (χ0v) is 8.12. The number of carboxylic acid groups (broad SMARTS) is 1. The van der Waals surface area contributed by atoms with Gasteiger partial charge in [-0.2, -0.15) is 0 Å². The second-order valence-electron chi connectivity index (χ2n) is 2.92. The van der Waals surface area contributed by atoms with Crippen LogP contribution in [0.5, 0.6) is 0 Å². The number of pyridine rings is 1. The summed E-state index contributed by atoms with van der Waals surface area (Å²) in [7, 11) is 1.46. The number of carboxylic acids is 1. The fourth-order valence-electron chi connectivity index (χ4n) is 1.01. The van der Waals surface area contributed by atoms with Crippen molar-refractivity contribution in [2.45, 2.75) is 6.04 Å². The van der Waals surface area contributed by atoms with E-state index in [1.165, 1.54) is 24.3 Å². The Bertz CT molecular complexity index is 366. The summed E-state index contributed by atoms with van der Waals surface area (Å²) in [6.07, 6.45) is 3.01. The van der Waals surface area contributed by atoms with Crippen LogP contribution in [0, 0.1) is 0 Å². The van der Waals surface area contributed by atoms with Crippen LogP contribution in [0.3, 0.4) is 0 Å². The van der Waals surface area contributed by atoms with E-state index < -0.39 is 17.9 Å². The lowest BCUT2D eigenvalue weighted by Crippen LogP contribution is -2.46. The SMILES string of the molecule is CN(C(=O)C(N)C(=O)O)c1ccncc1. The Balaban J connectivity index is 2.82. The van der Waals surface area contributed by atoms with Crippen molar-refractivity contribution < 1.29 is 14.7 Å². The van der Waals surface area contributed by atoms with Gasteiger partial charge in [0.05, 0.1) is 0 Å². The molecule has 1 heterocycles. The van der Waals surface area contributed by atoms with Gasteiger partial charge in [-0.25, -0.2) is 4.79 Å². The van der Waals surface area contributed by atoms with Crippen LogP contribution >= 0.6 is 0 Å². The van der Waals surface area contributed by atoms with Crippen LogP contribution in [0.15, 0.2) is 24.5 Å². The molecule has 1 amide bonds. The summed E-state index contributed by atoms with van der Waals surface area (Å²) >= 11 is 0. The van der Waals surface area contributed by atoms with Crippen LogP contribution in [0.2, 0.25) is 0 Å². The van der Waals surface area contributed by atoms with E-state index in [1.54, 1.807) is 12.1 Å². The van der Waals surface area contributed by atoms with Crippen molar-refractivity contribution in [2.75, 3.05) is 11.9 Å². The quantitative estimate of drug-likeness (QED) is 0.651. The van der Waals surface area contributed by atoms with Gasteiger partial charge in [0.2, 0.25) is 0 Å². The summed E-state index contributed by atoms with van der Waals surface area (Å²) < 4.78 is 0.